The number of carbonyl (C=O) groups is 1. The zero-order valence-corrected chi connectivity index (χ0v) is 18.8. The molecule has 8 heteroatoms. The molecule has 156 valence electrons. The predicted octanol–water partition coefficient (Wildman–Crippen LogP) is 5.36. The molecule has 0 aliphatic rings. The van der Waals surface area contributed by atoms with Gasteiger partial charge in [0.1, 0.15) is 5.82 Å². The van der Waals surface area contributed by atoms with Crippen molar-refractivity contribution in [2.24, 2.45) is 0 Å². The first kappa shape index (κ1) is 22.0. The van der Waals surface area contributed by atoms with Crippen molar-refractivity contribution in [1.82, 2.24) is 0 Å². The number of benzene rings is 3. The molecule has 3 rings (SSSR count). The third-order valence-electron chi connectivity index (χ3n) is 4.47. The van der Waals surface area contributed by atoms with E-state index in [1.54, 1.807) is 49.4 Å². The Labute approximate surface area is 183 Å². The molecule has 30 heavy (non-hydrogen) atoms. The van der Waals surface area contributed by atoms with Crippen molar-refractivity contribution in [2.45, 2.75) is 18.7 Å². The van der Waals surface area contributed by atoms with Gasteiger partial charge in [-0.3, -0.25) is 9.10 Å². The summed E-state index contributed by atoms with van der Waals surface area (Å²) in [6, 6.07) is 17.2. The number of hydrogen-bond donors (Lipinski definition) is 1. The number of anilines is 2. The highest BCUT2D eigenvalue weighted by atomic mass is 79.9. The van der Waals surface area contributed by atoms with Crippen molar-refractivity contribution in [3.05, 3.63) is 88.1 Å². The van der Waals surface area contributed by atoms with E-state index in [1.807, 2.05) is 13.0 Å². The van der Waals surface area contributed by atoms with Crippen molar-refractivity contribution in [3.63, 3.8) is 0 Å². The van der Waals surface area contributed by atoms with Crippen LogP contribution in [0.25, 0.3) is 0 Å². The fraction of sp³-hybridized carbons (Fsp3) is 0.136. The van der Waals surface area contributed by atoms with E-state index in [2.05, 4.69) is 21.2 Å². The lowest BCUT2D eigenvalue weighted by atomic mass is 10.2. The SMILES string of the molecule is CCN(c1cccc(C)c1)S(=O)(=O)c1ccc(F)c(C(=O)Nc2ccccc2Br)c1. The standard InChI is InChI=1S/C22H20BrFN2O3S/c1-3-26(16-8-6-7-15(2)13-16)30(28,29)17-11-12-20(24)18(14-17)22(27)25-21-10-5-4-9-19(21)23/h4-14H,3H2,1-2H3,(H,25,27). The van der Waals surface area contributed by atoms with Gasteiger partial charge in [-0.1, -0.05) is 24.3 Å². The van der Waals surface area contributed by atoms with Crippen LogP contribution in [0.3, 0.4) is 0 Å². The minimum atomic E-state index is -4.00. The minimum Gasteiger partial charge on any atom is -0.321 e. The molecule has 1 amide bonds. The van der Waals surface area contributed by atoms with Crippen molar-refractivity contribution >= 4 is 43.2 Å². The molecule has 5 nitrogen and oxygen atoms in total. The van der Waals surface area contributed by atoms with Crippen LogP contribution in [0, 0.1) is 12.7 Å². The first-order chi connectivity index (χ1) is 14.2. The Morgan fingerprint density at radius 2 is 1.80 bits per heavy atom. The summed E-state index contributed by atoms with van der Waals surface area (Å²) >= 11 is 3.31. The van der Waals surface area contributed by atoms with Crippen LogP contribution in [-0.2, 0) is 10.0 Å². The summed E-state index contributed by atoms with van der Waals surface area (Å²) in [6.45, 7) is 3.76. The van der Waals surface area contributed by atoms with E-state index in [-0.39, 0.29) is 17.0 Å². The summed E-state index contributed by atoms with van der Waals surface area (Å²) in [5.74, 6) is -1.55. The molecule has 0 fully saturated rings. The molecule has 0 aromatic heterocycles. The second kappa shape index (κ2) is 8.97. The first-order valence-electron chi connectivity index (χ1n) is 9.19. The smallest absolute Gasteiger partial charge is 0.264 e. The summed E-state index contributed by atoms with van der Waals surface area (Å²) in [5, 5.41) is 2.59. The first-order valence-corrected chi connectivity index (χ1v) is 11.4. The molecular formula is C22H20BrFN2O3S. The van der Waals surface area contributed by atoms with Gasteiger partial charge in [0.25, 0.3) is 15.9 Å². The number of para-hydroxylation sites is 1. The van der Waals surface area contributed by atoms with Crippen molar-refractivity contribution in [1.29, 1.82) is 0 Å². The van der Waals surface area contributed by atoms with Crippen LogP contribution in [0.5, 0.6) is 0 Å². The summed E-state index contributed by atoms with van der Waals surface area (Å²) in [6.07, 6.45) is 0. The Bertz CT molecular complexity index is 1200. The van der Waals surface area contributed by atoms with Gasteiger partial charge in [-0.2, -0.15) is 0 Å². The maximum Gasteiger partial charge on any atom is 0.264 e. The van der Waals surface area contributed by atoms with Gasteiger partial charge in [0.05, 0.1) is 21.8 Å². The van der Waals surface area contributed by atoms with Gasteiger partial charge in [0, 0.05) is 11.0 Å². The molecule has 0 saturated carbocycles. The van der Waals surface area contributed by atoms with Gasteiger partial charge < -0.3 is 5.32 Å². The zero-order valence-electron chi connectivity index (χ0n) is 16.4. The van der Waals surface area contributed by atoms with Crippen molar-refractivity contribution in [2.75, 3.05) is 16.2 Å². The predicted molar refractivity (Wildman–Crippen MR) is 120 cm³/mol. The molecule has 3 aromatic carbocycles. The van der Waals surface area contributed by atoms with Crippen LogP contribution < -0.4 is 9.62 Å². The summed E-state index contributed by atoms with van der Waals surface area (Å²) in [5.41, 5.74) is 1.51. The number of carbonyl (C=O) groups excluding carboxylic acids is 1. The average Bonchev–Trinajstić information content (AvgIpc) is 2.70. The van der Waals surface area contributed by atoms with Crippen LogP contribution in [-0.4, -0.2) is 20.9 Å². The third kappa shape index (κ3) is 4.55. The topological polar surface area (TPSA) is 66.5 Å². The maximum absolute atomic E-state index is 14.4. The normalized spacial score (nSPS) is 11.2. The molecule has 1 N–H and O–H groups in total. The number of hydrogen-bond acceptors (Lipinski definition) is 3. The number of sulfonamides is 1. The highest BCUT2D eigenvalue weighted by Crippen LogP contribution is 2.27. The molecule has 0 atom stereocenters. The van der Waals surface area contributed by atoms with E-state index in [0.29, 0.717) is 15.8 Å². The second-order valence-corrected chi connectivity index (χ2v) is 9.30. The quantitative estimate of drug-likeness (QED) is 0.505. The molecule has 0 bridgehead atoms. The molecule has 0 heterocycles. The number of nitrogens with zero attached hydrogens (tertiary/aromatic N) is 1. The Morgan fingerprint density at radius 1 is 1.07 bits per heavy atom. The Morgan fingerprint density at radius 3 is 2.47 bits per heavy atom. The largest absolute Gasteiger partial charge is 0.321 e. The Kier molecular flexibility index (Phi) is 6.58. The minimum absolute atomic E-state index is 0.162. The zero-order chi connectivity index (χ0) is 21.9. The van der Waals surface area contributed by atoms with E-state index in [4.69, 9.17) is 0 Å². The summed E-state index contributed by atoms with van der Waals surface area (Å²) in [4.78, 5) is 12.5. The van der Waals surface area contributed by atoms with Gasteiger partial charge in [-0.05, 0) is 77.8 Å². The number of amides is 1. The maximum atomic E-state index is 14.4. The molecule has 0 aliphatic carbocycles. The number of aryl methyl sites for hydroxylation is 1. The number of rotatable bonds is 6. The number of halogens is 2. The second-order valence-electron chi connectivity index (χ2n) is 6.58. The van der Waals surface area contributed by atoms with Crippen LogP contribution in [0.1, 0.15) is 22.8 Å². The highest BCUT2D eigenvalue weighted by Gasteiger charge is 2.26. The van der Waals surface area contributed by atoms with Gasteiger partial charge in [-0.25, -0.2) is 12.8 Å². The molecular weight excluding hydrogens is 471 g/mol. The third-order valence-corrected chi connectivity index (χ3v) is 7.06. The lowest BCUT2D eigenvalue weighted by Crippen LogP contribution is -2.31. The van der Waals surface area contributed by atoms with Gasteiger partial charge >= 0.3 is 0 Å². The summed E-state index contributed by atoms with van der Waals surface area (Å²) in [7, 11) is -4.00. The van der Waals surface area contributed by atoms with E-state index in [9.17, 15) is 17.6 Å². The molecule has 0 saturated heterocycles. The van der Waals surface area contributed by atoms with Crippen LogP contribution in [0.15, 0.2) is 76.1 Å². The van der Waals surface area contributed by atoms with Gasteiger partial charge in [0.15, 0.2) is 0 Å². The Balaban J connectivity index is 1.99. The van der Waals surface area contributed by atoms with E-state index in [0.717, 1.165) is 17.7 Å². The van der Waals surface area contributed by atoms with E-state index < -0.39 is 21.7 Å². The Hall–Kier alpha value is -2.71. The fourth-order valence-corrected chi connectivity index (χ4v) is 4.87. The molecule has 0 radical (unpaired) electrons. The average molecular weight is 491 g/mol. The molecule has 0 spiro atoms. The monoisotopic (exact) mass is 490 g/mol. The van der Waals surface area contributed by atoms with E-state index >= 15 is 0 Å². The lowest BCUT2D eigenvalue weighted by Gasteiger charge is -2.23. The molecule has 3 aromatic rings. The molecule has 0 aliphatic heterocycles. The van der Waals surface area contributed by atoms with Crippen LogP contribution >= 0.6 is 15.9 Å². The highest BCUT2D eigenvalue weighted by molar-refractivity contribution is 9.10. The van der Waals surface area contributed by atoms with Gasteiger partial charge in [-0.15, -0.1) is 0 Å². The molecule has 0 unspecified atom stereocenters. The van der Waals surface area contributed by atoms with Crippen LogP contribution in [0.4, 0.5) is 15.8 Å². The fourth-order valence-electron chi connectivity index (χ4n) is 2.99. The summed E-state index contributed by atoms with van der Waals surface area (Å²) < 4.78 is 42.7. The van der Waals surface area contributed by atoms with Crippen LogP contribution in [0.2, 0.25) is 0 Å². The number of nitrogens with one attached hydrogen (secondary N) is 1. The van der Waals surface area contributed by atoms with Crippen molar-refractivity contribution in [3.8, 4) is 0 Å². The lowest BCUT2D eigenvalue weighted by molar-refractivity contribution is 0.102. The van der Waals surface area contributed by atoms with Gasteiger partial charge in [0.2, 0.25) is 0 Å². The van der Waals surface area contributed by atoms with E-state index in [1.165, 1.54) is 10.4 Å². The van der Waals surface area contributed by atoms with Crippen molar-refractivity contribution < 1.29 is 17.6 Å².